The molecule has 1 aliphatic rings. The van der Waals surface area contributed by atoms with Gasteiger partial charge in [-0.3, -0.25) is 10.0 Å². The molecular formula is C17H14NO5-. The molecular weight excluding hydrogens is 298 g/mol. The third-order valence-corrected chi connectivity index (χ3v) is 3.34. The lowest BCUT2D eigenvalue weighted by Crippen LogP contribution is -2.06. The van der Waals surface area contributed by atoms with Crippen LogP contribution in [0.2, 0.25) is 0 Å². The number of ketones is 1. The predicted octanol–water partition coefficient (Wildman–Crippen LogP) is 3.39. The van der Waals surface area contributed by atoms with Gasteiger partial charge in [0.15, 0.2) is 5.76 Å². The van der Waals surface area contributed by atoms with Gasteiger partial charge in [0.1, 0.15) is 11.5 Å². The first-order valence-corrected chi connectivity index (χ1v) is 7.06. The second-order valence-electron chi connectivity index (χ2n) is 4.90. The molecule has 6 nitrogen and oxygen atoms in total. The minimum absolute atomic E-state index is 0.0703. The van der Waals surface area contributed by atoms with Crippen LogP contribution in [0.5, 0.6) is 11.5 Å². The van der Waals surface area contributed by atoms with E-state index in [1.165, 1.54) is 18.2 Å². The summed E-state index contributed by atoms with van der Waals surface area (Å²) in [5.74, 6) is 0.984. The SMILES string of the molecule is CCOc1ccc2c(c1)OC(=Cc1cccc(N([O-])O)c1)C2=O. The predicted molar refractivity (Wildman–Crippen MR) is 84.6 cm³/mol. The Kier molecular flexibility index (Phi) is 4.01. The normalized spacial score (nSPS) is 14.6. The van der Waals surface area contributed by atoms with Gasteiger partial charge >= 0.3 is 0 Å². The molecule has 6 heteroatoms. The highest BCUT2D eigenvalue weighted by molar-refractivity contribution is 6.14. The molecule has 0 fully saturated rings. The summed E-state index contributed by atoms with van der Waals surface area (Å²) < 4.78 is 11.0. The maximum Gasteiger partial charge on any atom is 0.231 e. The Morgan fingerprint density at radius 3 is 2.87 bits per heavy atom. The standard InChI is InChI=1S/C17H14NO5/c1-2-22-13-6-7-14-15(10-13)23-16(17(14)19)9-11-4-3-5-12(8-11)18(20)21/h3-10,20H,2H2,1H3/q-1. The van der Waals surface area contributed by atoms with Crippen LogP contribution in [0.15, 0.2) is 48.2 Å². The number of ether oxygens (including phenoxy) is 2. The number of hydrogen-bond acceptors (Lipinski definition) is 6. The van der Waals surface area contributed by atoms with Crippen LogP contribution < -0.4 is 14.7 Å². The van der Waals surface area contributed by atoms with Gasteiger partial charge < -0.3 is 19.9 Å². The fourth-order valence-electron chi connectivity index (χ4n) is 2.31. The molecule has 1 N–H and O–H groups in total. The topological polar surface area (TPSA) is 82.1 Å². The number of rotatable bonds is 4. The summed E-state index contributed by atoms with van der Waals surface area (Å²) in [6.07, 6.45) is 1.52. The van der Waals surface area contributed by atoms with Gasteiger partial charge in [0.05, 0.1) is 17.9 Å². The van der Waals surface area contributed by atoms with Gasteiger partial charge in [-0.05, 0) is 42.8 Å². The highest BCUT2D eigenvalue weighted by Gasteiger charge is 2.27. The zero-order valence-corrected chi connectivity index (χ0v) is 12.4. The molecule has 0 bridgehead atoms. The number of anilines is 1. The highest BCUT2D eigenvalue weighted by Crippen LogP contribution is 2.35. The summed E-state index contributed by atoms with van der Waals surface area (Å²) >= 11 is 0. The molecule has 0 atom stereocenters. The van der Waals surface area contributed by atoms with E-state index in [0.29, 0.717) is 29.2 Å². The lowest BCUT2D eigenvalue weighted by atomic mass is 10.1. The van der Waals surface area contributed by atoms with E-state index in [4.69, 9.17) is 14.7 Å². The third-order valence-electron chi connectivity index (χ3n) is 3.34. The number of hydrogen-bond donors (Lipinski definition) is 1. The Balaban J connectivity index is 1.90. The monoisotopic (exact) mass is 312 g/mol. The maximum absolute atomic E-state index is 12.3. The van der Waals surface area contributed by atoms with Crippen molar-refractivity contribution < 1.29 is 19.5 Å². The molecule has 0 amide bonds. The molecule has 1 heterocycles. The number of allylic oxidation sites excluding steroid dienone is 1. The first-order chi connectivity index (χ1) is 11.1. The molecule has 1 aliphatic heterocycles. The molecule has 0 aromatic heterocycles. The number of Topliss-reactive ketones (excluding diaryl/α,β-unsaturated/α-hetero) is 1. The highest BCUT2D eigenvalue weighted by atomic mass is 16.8. The lowest BCUT2D eigenvalue weighted by molar-refractivity contribution is 0.101. The summed E-state index contributed by atoms with van der Waals surface area (Å²) in [5.41, 5.74) is 1.10. The van der Waals surface area contributed by atoms with E-state index in [9.17, 15) is 10.0 Å². The Morgan fingerprint density at radius 1 is 1.30 bits per heavy atom. The molecule has 0 unspecified atom stereocenters. The van der Waals surface area contributed by atoms with E-state index >= 15 is 0 Å². The first kappa shape index (κ1) is 15.1. The molecule has 23 heavy (non-hydrogen) atoms. The average molecular weight is 312 g/mol. The van der Waals surface area contributed by atoms with Crippen molar-refractivity contribution in [3.05, 3.63) is 64.6 Å². The van der Waals surface area contributed by atoms with Crippen LogP contribution in [0, 0.1) is 5.21 Å². The van der Waals surface area contributed by atoms with Crippen LogP contribution in [-0.2, 0) is 0 Å². The summed E-state index contributed by atoms with van der Waals surface area (Å²) in [6, 6.07) is 11.2. The smallest absolute Gasteiger partial charge is 0.231 e. The van der Waals surface area contributed by atoms with Gasteiger partial charge in [-0.25, -0.2) is 0 Å². The van der Waals surface area contributed by atoms with Crippen molar-refractivity contribution in [1.82, 2.24) is 0 Å². The molecule has 0 saturated heterocycles. The Labute approximate surface area is 132 Å². The molecule has 0 radical (unpaired) electrons. The minimum Gasteiger partial charge on any atom is -0.733 e. The zero-order valence-electron chi connectivity index (χ0n) is 12.4. The summed E-state index contributed by atoms with van der Waals surface area (Å²) in [6.45, 7) is 2.40. The largest absolute Gasteiger partial charge is 0.733 e. The molecule has 118 valence electrons. The van der Waals surface area contributed by atoms with E-state index in [-0.39, 0.29) is 22.5 Å². The molecule has 2 aromatic rings. The third kappa shape index (κ3) is 3.03. The van der Waals surface area contributed by atoms with Crippen LogP contribution in [0.25, 0.3) is 6.08 Å². The molecule has 3 rings (SSSR count). The number of benzene rings is 2. The zero-order chi connectivity index (χ0) is 16.4. The van der Waals surface area contributed by atoms with E-state index < -0.39 is 0 Å². The first-order valence-electron chi connectivity index (χ1n) is 7.06. The number of fused-ring (bicyclic) bond motifs is 1. The van der Waals surface area contributed by atoms with E-state index in [2.05, 4.69) is 0 Å². The Hall–Kier alpha value is -2.83. The van der Waals surface area contributed by atoms with Crippen LogP contribution in [0.4, 0.5) is 5.69 Å². The van der Waals surface area contributed by atoms with Gasteiger partial charge in [-0.1, -0.05) is 12.1 Å². The van der Waals surface area contributed by atoms with Crippen molar-refractivity contribution in [1.29, 1.82) is 0 Å². The average Bonchev–Trinajstić information content (AvgIpc) is 2.84. The van der Waals surface area contributed by atoms with Crippen LogP contribution in [-0.4, -0.2) is 17.6 Å². The molecule has 0 spiro atoms. The van der Waals surface area contributed by atoms with Crippen LogP contribution >= 0.6 is 0 Å². The van der Waals surface area contributed by atoms with Gasteiger partial charge in [-0.15, -0.1) is 0 Å². The van der Waals surface area contributed by atoms with Gasteiger partial charge in [-0.2, -0.15) is 0 Å². The molecule has 0 saturated carbocycles. The van der Waals surface area contributed by atoms with Crippen LogP contribution in [0.1, 0.15) is 22.8 Å². The number of nitrogens with zero attached hydrogens (tertiary/aromatic N) is 1. The van der Waals surface area contributed by atoms with Crippen molar-refractivity contribution in [3.8, 4) is 11.5 Å². The Bertz CT molecular complexity index is 782. The second-order valence-corrected chi connectivity index (χ2v) is 4.90. The van der Waals surface area contributed by atoms with E-state index in [1.54, 1.807) is 30.3 Å². The second kappa shape index (κ2) is 6.12. The van der Waals surface area contributed by atoms with Crippen molar-refractivity contribution in [3.63, 3.8) is 0 Å². The number of carbonyl (C=O) groups is 1. The summed E-state index contributed by atoms with van der Waals surface area (Å²) in [5, 5.41) is 19.6. The maximum atomic E-state index is 12.3. The van der Waals surface area contributed by atoms with Crippen molar-refractivity contribution in [2.75, 3.05) is 11.8 Å². The number of carbonyl (C=O) groups excluding carboxylic acids is 1. The molecule has 0 aliphatic carbocycles. The minimum atomic E-state index is -0.239. The van der Waals surface area contributed by atoms with Crippen molar-refractivity contribution in [2.24, 2.45) is 0 Å². The van der Waals surface area contributed by atoms with Crippen molar-refractivity contribution in [2.45, 2.75) is 6.92 Å². The lowest BCUT2D eigenvalue weighted by Gasteiger charge is -2.21. The van der Waals surface area contributed by atoms with Crippen molar-refractivity contribution >= 4 is 17.5 Å². The Morgan fingerprint density at radius 2 is 2.13 bits per heavy atom. The van der Waals surface area contributed by atoms with Crippen LogP contribution in [0.3, 0.4) is 0 Å². The fraction of sp³-hybridized carbons (Fsp3) is 0.118. The van der Waals surface area contributed by atoms with E-state index in [0.717, 1.165) is 0 Å². The summed E-state index contributed by atoms with van der Waals surface area (Å²) in [7, 11) is 0. The fourth-order valence-corrected chi connectivity index (χ4v) is 2.31. The quantitative estimate of drug-likeness (QED) is 0.688. The summed E-state index contributed by atoms with van der Waals surface area (Å²) in [4.78, 5) is 12.3. The van der Waals surface area contributed by atoms with Gasteiger partial charge in [0.25, 0.3) is 0 Å². The van der Waals surface area contributed by atoms with E-state index in [1.807, 2.05) is 6.92 Å². The molecule has 2 aromatic carbocycles. The van der Waals surface area contributed by atoms with Gasteiger partial charge in [0.2, 0.25) is 5.78 Å². The van der Waals surface area contributed by atoms with Gasteiger partial charge in [0, 0.05) is 6.07 Å².